The van der Waals surface area contributed by atoms with Crippen molar-refractivity contribution in [2.45, 2.75) is 25.2 Å². The second kappa shape index (κ2) is 9.35. The van der Waals surface area contributed by atoms with Gasteiger partial charge in [-0.3, -0.25) is 8.98 Å². The molecule has 0 aliphatic carbocycles. The number of aryl methyl sites for hydroxylation is 1. The zero-order valence-electron chi connectivity index (χ0n) is 14.8. The number of ether oxygens (including phenoxy) is 2. The van der Waals surface area contributed by atoms with E-state index in [0.717, 1.165) is 11.1 Å². The fourth-order valence-corrected chi connectivity index (χ4v) is 3.09. The molecule has 0 heterocycles. The van der Waals surface area contributed by atoms with Crippen LogP contribution >= 0.6 is 0 Å². The average molecular weight is 378 g/mol. The van der Waals surface area contributed by atoms with Crippen LogP contribution in [0.3, 0.4) is 0 Å². The summed E-state index contributed by atoms with van der Waals surface area (Å²) in [6.45, 7) is 3.91. The lowest BCUT2D eigenvalue weighted by molar-refractivity contribution is -0.142. The first kappa shape index (κ1) is 19.9. The summed E-state index contributed by atoms with van der Waals surface area (Å²) in [5.74, 6) is 0.223. The molecule has 26 heavy (non-hydrogen) atoms. The quantitative estimate of drug-likeness (QED) is 0.379. The van der Waals surface area contributed by atoms with Crippen LogP contribution in [0.25, 0.3) is 0 Å². The standard InChI is InChI=1S/C19H22O6S/c1-3-23-19(20)14-16-5-4-6-17(13-16)24-11-12-25-26(21,22)18-9-7-15(2)8-10-18/h4-10,13H,3,11-12,14H2,1-2H3. The van der Waals surface area contributed by atoms with E-state index >= 15 is 0 Å². The molecule has 0 aromatic heterocycles. The smallest absolute Gasteiger partial charge is 0.310 e. The highest BCUT2D eigenvalue weighted by atomic mass is 32.2. The highest BCUT2D eigenvalue weighted by molar-refractivity contribution is 7.86. The molecule has 2 aromatic rings. The number of benzene rings is 2. The van der Waals surface area contributed by atoms with E-state index in [2.05, 4.69) is 0 Å². The number of rotatable bonds is 9. The predicted molar refractivity (Wildman–Crippen MR) is 96.6 cm³/mol. The molecular formula is C19H22O6S. The molecule has 0 amide bonds. The number of hydrogen-bond donors (Lipinski definition) is 0. The predicted octanol–water partition coefficient (Wildman–Crippen LogP) is 2.88. The molecule has 0 aliphatic rings. The Morgan fingerprint density at radius 3 is 2.46 bits per heavy atom. The minimum Gasteiger partial charge on any atom is -0.491 e. The van der Waals surface area contributed by atoms with E-state index in [1.807, 2.05) is 6.92 Å². The highest BCUT2D eigenvalue weighted by Gasteiger charge is 2.14. The fraction of sp³-hybridized carbons (Fsp3) is 0.316. The van der Waals surface area contributed by atoms with Crippen LogP contribution in [0.15, 0.2) is 53.4 Å². The summed E-state index contributed by atoms with van der Waals surface area (Å²) in [6.07, 6.45) is 0.156. The SMILES string of the molecule is CCOC(=O)Cc1cccc(OCCOS(=O)(=O)c2ccc(C)cc2)c1. The molecular weight excluding hydrogens is 356 g/mol. The minimum atomic E-state index is -3.80. The Kier molecular flexibility index (Phi) is 7.17. The number of hydrogen-bond acceptors (Lipinski definition) is 6. The average Bonchev–Trinajstić information content (AvgIpc) is 2.60. The molecule has 7 heteroatoms. The van der Waals surface area contributed by atoms with Gasteiger partial charge in [0.15, 0.2) is 0 Å². The van der Waals surface area contributed by atoms with E-state index < -0.39 is 10.1 Å². The van der Waals surface area contributed by atoms with E-state index in [0.29, 0.717) is 12.4 Å². The van der Waals surface area contributed by atoms with Gasteiger partial charge in [-0.15, -0.1) is 0 Å². The molecule has 0 saturated carbocycles. The molecule has 0 fully saturated rings. The molecule has 140 valence electrons. The molecule has 0 saturated heterocycles. The molecule has 0 atom stereocenters. The van der Waals surface area contributed by atoms with Crippen molar-refractivity contribution in [3.05, 3.63) is 59.7 Å². The van der Waals surface area contributed by atoms with Crippen LogP contribution in [0.4, 0.5) is 0 Å². The van der Waals surface area contributed by atoms with Gasteiger partial charge in [-0.1, -0.05) is 29.8 Å². The van der Waals surface area contributed by atoms with E-state index in [4.69, 9.17) is 13.7 Å². The summed E-state index contributed by atoms with van der Waals surface area (Å²) in [5, 5.41) is 0. The lowest BCUT2D eigenvalue weighted by atomic mass is 10.1. The Morgan fingerprint density at radius 2 is 1.77 bits per heavy atom. The maximum atomic E-state index is 12.1. The number of carbonyl (C=O) groups excluding carboxylic acids is 1. The molecule has 0 radical (unpaired) electrons. The zero-order chi connectivity index (χ0) is 19.0. The van der Waals surface area contributed by atoms with Crippen LogP contribution in [0.1, 0.15) is 18.1 Å². The first-order valence-electron chi connectivity index (χ1n) is 8.24. The fourth-order valence-electron chi connectivity index (χ4n) is 2.20. The van der Waals surface area contributed by atoms with Gasteiger partial charge in [0.1, 0.15) is 19.0 Å². The summed E-state index contributed by atoms with van der Waals surface area (Å²) < 4.78 is 39.5. The second-order valence-corrected chi connectivity index (χ2v) is 7.18. The Bertz CT molecular complexity index is 827. The van der Waals surface area contributed by atoms with E-state index in [1.54, 1.807) is 43.3 Å². The Labute approximate surface area is 153 Å². The van der Waals surface area contributed by atoms with E-state index in [1.165, 1.54) is 12.1 Å². The van der Waals surface area contributed by atoms with Gasteiger partial charge < -0.3 is 9.47 Å². The summed E-state index contributed by atoms with van der Waals surface area (Å²) >= 11 is 0. The molecule has 6 nitrogen and oxygen atoms in total. The van der Waals surface area contributed by atoms with Gasteiger partial charge in [0.25, 0.3) is 10.1 Å². The van der Waals surface area contributed by atoms with Gasteiger partial charge in [0.05, 0.1) is 17.9 Å². The molecule has 0 aliphatic heterocycles. The monoisotopic (exact) mass is 378 g/mol. The summed E-state index contributed by atoms with van der Waals surface area (Å²) in [4.78, 5) is 11.6. The maximum Gasteiger partial charge on any atom is 0.310 e. The third-order valence-corrected chi connectivity index (χ3v) is 4.78. The van der Waals surface area contributed by atoms with E-state index in [-0.39, 0.29) is 30.5 Å². The maximum absolute atomic E-state index is 12.1. The van der Waals surface area contributed by atoms with Crippen LogP contribution in [-0.4, -0.2) is 34.2 Å². The van der Waals surface area contributed by atoms with Gasteiger partial charge in [-0.2, -0.15) is 8.42 Å². The van der Waals surface area contributed by atoms with Crippen LogP contribution in [0, 0.1) is 6.92 Å². The molecule has 2 aromatic carbocycles. The van der Waals surface area contributed by atoms with Crippen LogP contribution in [0.2, 0.25) is 0 Å². The van der Waals surface area contributed by atoms with Crippen LogP contribution < -0.4 is 4.74 Å². The van der Waals surface area contributed by atoms with Gasteiger partial charge in [0.2, 0.25) is 0 Å². The van der Waals surface area contributed by atoms with Crippen molar-refractivity contribution in [2.24, 2.45) is 0 Å². The van der Waals surface area contributed by atoms with Gasteiger partial charge in [-0.05, 0) is 43.7 Å². The van der Waals surface area contributed by atoms with Crippen molar-refractivity contribution in [2.75, 3.05) is 19.8 Å². The topological polar surface area (TPSA) is 78.9 Å². The summed E-state index contributed by atoms with van der Waals surface area (Å²) in [6, 6.07) is 13.4. The van der Waals surface area contributed by atoms with Crippen LogP contribution in [0.5, 0.6) is 5.75 Å². The third-order valence-electron chi connectivity index (χ3n) is 3.45. The number of carbonyl (C=O) groups is 1. The Morgan fingerprint density at radius 1 is 1.04 bits per heavy atom. The first-order valence-corrected chi connectivity index (χ1v) is 9.65. The third kappa shape index (κ3) is 6.16. The zero-order valence-corrected chi connectivity index (χ0v) is 15.6. The highest BCUT2D eigenvalue weighted by Crippen LogP contribution is 2.15. The minimum absolute atomic E-state index is 0.0634. The van der Waals surface area contributed by atoms with Gasteiger partial charge in [0, 0.05) is 0 Å². The largest absolute Gasteiger partial charge is 0.491 e. The molecule has 0 N–H and O–H groups in total. The van der Waals surface area contributed by atoms with Crippen LogP contribution in [-0.2, 0) is 30.3 Å². The summed E-state index contributed by atoms with van der Waals surface area (Å²) in [7, 11) is -3.80. The molecule has 2 rings (SSSR count). The normalized spacial score (nSPS) is 11.2. The second-order valence-electron chi connectivity index (χ2n) is 5.57. The van der Waals surface area contributed by atoms with E-state index in [9.17, 15) is 13.2 Å². The Balaban J connectivity index is 1.84. The lowest BCUT2D eigenvalue weighted by Crippen LogP contribution is -2.13. The first-order chi connectivity index (χ1) is 12.4. The van der Waals surface area contributed by atoms with Crippen molar-refractivity contribution >= 4 is 16.1 Å². The molecule has 0 bridgehead atoms. The van der Waals surface area contributed by atoms with Crippen molar-refractivity contribution in [3.8, 4) is 5.75 Å². The van der Waals surface area contributed by atoms with Gasteiger partial charge >= 0.3 is 5.97 Å². The Hall–Kier alpha value is -2.38. The van der Waals surface area contributed by atoms with Crippen molar-refractivity contribution in [1.82, 2.24) is 0 Å². The summed E-state index contributed by atoms with van der Waals surface area (Å²) in [5.41, 5.74) is 1.73. The van der Waals surface area contributed by atoms with Crippen molar-refractivity contribution < 1.29 is 26.9 Å². The molecule has 0 spiro atoms. The van der Waals surface area contributed by atoms with Crippen molar-refractivity contribution in [3.63, 3.8) is 0 Å². The number of esters is 1. The van der Waals surface area contributed by atoms with Gasteiger partial charge in [-0.25, -0.2) is 0 Å². The van der Waals surface area contributed by atoms with Crippen molar-refractivity contribution in [1.29, 1.82) is 0 Å². The molecule has 0 unspecified atom stereocenters. The lowest BCUT2D eigenvalue weighted by Gasteiger charge is -2.09.